The van der Waals surface area contributed by atoms with Gasteiger partial charge in [-0.15, -0.1) is 0 Å². The standard InChI is InChI=1S/C15H22BrF2N/c1-3-5-6-10(4-2)9-13(19)11-7-8-12(17)15(18)14(11)16/h7-8,10,13H,3-6,9,19H2,1-2H3. The molecule has 1 aromatic rings. The van der Waals surface area contributed by atoms with E-state index in [2.05, 4.69) is 29.8 Å². The number of nitrogens with two attached hydrogens (primary N) is 1. The molecule has 0 radical (unpaired) electrons. The van der Waals surface area contributed by atoms with Crippen LogP contribution in [-0.2, 0) is 0 Å². The molecule has 0 bridgehead atoms. The first-order valence-corrected chi connectivity index (χ1v) is 7.69. The van der Waals surface area contributed by atoms with Crippen LogP contribution in [0.15, 0.2) is 16.6 Å². The summed E-state index contributed by atoms with van der Waals surface area (Å²) in [6, 6.07) is 2.45. The first-order valence-electron chi connectivity index (χ1n) is 6.90. The quantitative estimate of drug-likeness (QED) is 0.670. The number of unbranched alkanes of at least 4 members (excludes halogenated alkanes) is 1. The second-order valence-electron chi connectivity index (χ2n) is 5.02. The van der Waals surface area contributed by atoms with Crippen LogP contribution in [0, 0.1) is 17.6 Å². The maximum Gasteiger partial charge on any atom is 0.173 e. The summed E-state index contributed by atoms with van der Waals surface area (Å²) >= 11 is 3.10. The van der Waals surface area contributed by atoms with Crippen LogP contribution in [0.2, 0.25) is 0 Å². The summed E-state index contributed by atoms with van der Waals surface area (Å²) in [6.07, 6.45) is 5.36. The average molecular weight is 334 g/mol. The van der Waals surface area contributed by atoms with Crippen molar-refractivity contribution in [3.8, 4) is 0 Å². The minimum atomic E-state index is -0.852. The molecular weight excluding hydrogens is 312 g/mol. The molecule has 0 aliphatic rings. The molecule has 0 saturated carbocycles. The van der Waals surface area contributed by atoms with Crippen LogP contribution in [0.1, 0.15) is 57.6 Å². The van der Waals surface area contributed by atoms with E-state index in [1.807, 2.05) is 0 Å². The Labute approximate surface area is 122 Å². The van der Waals surface area contributed by atoms with Crippen molar-refractivity contribution in [2.75, 3.05) is 0 Å². The highest BCUT2D eigenvalue weighted by Gasteiger charge is 2.19. The predicted octanol–water partition coefficient (Wildman–Crippen LogP) is 5.33. The zero-order valence-corrected chi connectivity index (χ0v) is 13.1. The van der Waals surface area contributed by atoms with Gasteiger partial charge in [-0.3, -0.25) is 0 Å². The van der Waals surface area contributed by atoms with Crippen LogP contribution in [0.3, 0.4) is 0 Å². The number of hydrogen-bond donors (Lipinski definition) is 1. The van der Waals surface area contributed by atoms with Crippen molar-refractivity contribution in [2.24, 2.45) is 11.7 Å². The second kappa shape index (κ2) is 7.95. The zero-order valence-electron chi connectivity index (χ0n) is 11.6. The normalized spacial score (nSPS) is 14.4. The van der Waals surface area contributed by atoms with E-state index in [1.54, 1.807) is 6.07 Å². The Balaban J connectivity index is 2.77. The molecule has 0 fully saturated rings. The fourth-order valence-corrected chi connectivity index (χ4v) is 2.91. The van der Waals surface area contributed by atoms with E-state index in [1.165, 1.54) is 12.8 Å². The van der Waals surface area contributed by atoms with E-state index >= 15 is 0 Å². The first-order chi connectivity index (χ1) is 9.01. The number of rotatable bonds is 7. The van der Waals surface area contributed by atoms with Crippen LogP contribution in [-0.4, -0.2) is 0 Å². The van der Waals surface area contributed by atoms with Gasteiger partial charge in [0.1, 0.15) is 0 Å². The zero-order chi connectivity index (χ0) is 14.4. The van der Waals surface area contributed by atoms with Crippen molar-refractivity contribution in [3.05, 3.63) is 33.8 Å². The van der Waals surface area contributed by atoms with Crippen molar-refractivity contribution in [2.45, 2.75) is 52.0 Å². The molecule has 0 heterocycles. The highest BCUT2D eigenvalue weighted by molar-refractivity contribution is 9.10. The van der Waals surface area contributed by atoms with E-state index in [-0.39, 0.29) is 10.5 Å². The highest BCUT2D eigenvalue weighted by Crippen LogP contribution is 2.31. The molecule has 108 valence electrons. The van der Waals surface area contributed by atoms with Crippen molar-refractivity contribution < 1.29 is 8.78 Å². The van der Waals surface area contributed by atoms with Gasteiger partial charge in [0.15, 0.2) is 11.6 Å². The summed E-state index contributed by atoms with van der Waals surface area (Å²) in [5, 5.41) is 0. The molecule has 2 atom stereocenters. The molecule has 2 unspecified atom stereocenters. The fourth-order valence-electron chi connectivity index (χ4n) is 2.29. The summed E-state index contributed by atoms with van der Waals surface area (Å²) < 4.78 is 26.7. The Kier molecular flexibility index (Phi) is 6.94. The third-order valence-electron chi connectivity index (χ3n) is 3.60. The Bertz CT molecular complexity index is 409. The third-order valence-corrected chi connectivity index (χ3v) is 4.40. The third kappa shape index (κ3) is 4.53. The van der Waals surface area contributed by atoms with Gasteiger partial charge in [0.05, 0.1) is 4.47 Å². The van der Waals surface area contributed by atoms with Crippen molar-refractivity contribution in [1.29, 1.82) is 0 Å². The van der Waals surface area contributed by atoms with Gasteiger partial charge in [0.2, 0.25) is 0 Å². The van der Waals surface area contributed by atoms with Gasteiger partial charge in [0, 0.05) is 6.04 Å². The second-order valence-corrected chi connectivity index (χ2v) is 5.82. The topological polar surface area (TPSA) is 26.0 Å². The predicted molar refractivity (Wildman–Crippen MR) is 78.9 cm³/mol. The molecule has 0 aliphatic heterocycles. The molecule has 4 heteroatoms. The molecule has 1 aromatic carbocycles. The van der Waals surface area contributed by atoms with Crippen LogP contribution < -0.4 is 5.73 Å². The van der Waals surface area contributed by atoms with Gasteiger partial charge in [-0.2, -0.15) is 0 Å². The van der Waals surface area contributed by atoms with Gasteiger partial charge < -0.3 is 5.73 Å². The van der Waals surface area contributed by atoms with Crippen molar-refractivity contribution in [3.63, 3.8) is 0 Å². The highest BCUT2D eigenvalue weighted by atomic mass is 79.9. The molecule has 0 aromatic heterocycles. The Morgan fingerprint density at radius 1 is 1.26 bits per heavy atom. The largest absolute Gasteiger partial charge is 0.324 e. The summed E-state index contributed by atoms with van der Waals surface area (Å²) in [6.45, 7) is 4.31. The molecule has 1 rings (SSSR count). The van der Waals surface area contributed by atoms with Gasteiger partial charge in [-0.1, -0.05) is 45.6 Å². The molecule has 19 heavy (non-hydrogen) atoms. The monoisotopic (exact) mass is 333 g/mol. The van der Waals surface area contributed by atoms with Gasteiger partial charge in [0.25, 0.3) is 0 Å². The lowest BCUT2D eigenvalue weighted by molar-refractivity contribution is 0.386. The maximum absolute atomic E-state index is 13.5. The maximum atomic E-state index is 13.5. The van der Waals surface area contributed by atoms with Gasteiger partial charge in [-0.25, -0.2) is 8.78 Å². The summed E-state index contributed by atoms with van der Waals surface area (Å²) in [5.41, 5.74) is 6.79. The van der Waals surface area contributed by atoms with E-state index in [0.29, 0.717) is 11.5 Å². The molecule has 0 saturated heterocycles. The first kappa shape index (κ1) is 16.6. The van der Waals surface area contributed by atoms with E-state index in [9.17, 15) is 8.78 Å². The smallest absolute Gasteiger partial charge is 0.173 e. The van der Waals surface area contributed by atoms with Crippen LogP contribution in [0.4, 0.5) is 8.78 Å². The van der Waals surface area contributed by atoms with E-state index in [0.717, 1.165) is 25.3 Å². The van der Waals surface area contributed by atoms with Crippen LogP contribution in [0.25, 0.3) is 0 Å². The molecule has 2 N–H and O–H groups in total. The molecule has 0 aliphatic carbocycles. The minimum Gasteiger partial charge on any atom is -0.324 e. The fraction of sp³-hybridized carbons (Fsp3) is 0.600. The summed E-state index contributed by atoms with van der Waals surface area (Å²) in [4.78, 5) is 0. The molecule has 0 amide bonds. The van der Waals surface area contributed by atoms with E-state index in [4.69, 9.17) is 5.73 Å². The van der Waals surface area contributed by atoms with Crippen LogP contribution in [0.5, 0.6) is 0 Å². The van der Waals surface area contributed by atoms with Crippen molar-refractivity contribution >= 4 is 15.9 Å². The lowest BCUT2D eigenvalue weighted by atomic mass is 9.89. The Hall–Kier alpha value is -0.480. The lowest BCUT2D eigenvalue weighted by Gasteiger charge is -2.21. The summed E-state index contributed by atoms with van der Waals surface area (Å²) in [7, 11) is 0. The Morgan fingerprint density at radius 2 is 1.95 bits per heavy atom. The number of hydrogen-bond acceptors (Lipinski definition) is 1. The van der Waals surface area contributed by atoms with Crippen LogP contribution >= 0.6 is 15.9 Å². The lowest BCUT2D eigenvalue weighted by Crippen LogP contribution is -2.16. The SMILES string of the molecule is CCCCC(CC)CC(N)c1ccc(F)c(F)c1Br. The molecular formula is C15H22BrF2N. The molecule has 0 spiro atoms. The van der Waals surface area contributed by atoms with Crippen molar-refractivity contribution in [1.82, 2.24) is 0 Å². The summed E-state index contributed by atoms with van der Waals surface area (Å²) in [5.74, 6) is -1.16. The van der Waals surface area contributed by atoms with Gasteiger partial charge in [-0.05, 0) is 39.9 Å². The number of benzene rings is 1. The van der Waals surface area contributed by atoms with E-state index < -0.39 is 11.6 Å². The number of halogens is 3. The average Bonchev–Trinajstić information content (AvgIpc) is 2.40. The molecule has 1 nitrogen and oxygen atoms in total. The Morgan fingerprint density at radius 3 is 2.53 bits per heavy atom. The minimum absolute atomic E-state index is 0.158. The van der Waals surface area contributed by atoms with Gasteiger partial charge >= 0.3 is 0 Å².